The molecule has 0 saturated carbocycles. The van der Waals surface area contributed by atoms with E-state index in [1.165, 1.54) is 38.9 Å². The fraction of sp³-hybridized carbons (Fsp3) is 0.600. The largest absolute Gasteiger partial charge is 0.313 e. The number of nitrogens with one attached hydrogen (secondary N) is 1. The summed E-state index contributed by atoms with van der Waals surface area (Å²) in [6, 6.07) is 5.22. The standard InChI is InChI=1S/C15H23FN2/c1-13-9-14(11-15(16)10-13)12-17-5-4-8-18-6-2-3-7-18/h9-11,17H,2-8,12H2,1H3. The van der Waals surface area contributed by atoms with Crippen molar-refractivity contribution >= 4 is 0 Å². The van der Waals surface area contributed by atoms with E-state index in [1.54, 1.807) is 12.1 Å². The molecule has 1 aromatic rings. The number of halogens is 1. The number of aryl methyl sites for hydroxylation is 1. The molecule has 0 aliphatic carbocycles. The fourth-order valence-electron chi connectivity index (χ4n) is 2.58. The van der Waals surface area contributed by atoms with Crippen molar-refractivity contribution in [1.82, 2.24) is 10.2 Å². The smallest absolute Gasteiger partial charge is 0.123 e. The summed E-state index contributed by atoms with van der Waals surface area (Å²) in [5.74, 6) is -0.135. The van der Waals surface area contributed by atoms with Crippen molar-refractivity contribution in [1.29, 1.82) is 0 Å². The summed E-state index contributed by atoms with van der Waals surface area (Å²) in [6.07, 6.45) is 3.89. The van der Waals surface area contributed by atoms with Gasteiger partial charge < -0.3 is 10.2 Å². The van der Waals surface area contributed by atoms with E-state index in [0.717, 1.165) is 24.2 Å². The maximum Gasteiger partial charge on any atom is 0.123 e. The molecule has 0 radical (unpaired) electrons. The summed E-state index contributed by atoms with van der Waals surface area (Å²) in [4.78, 5) is 2.52. The monoisotopic (exact) mass is 250 g/mol. The van der Waals surface area contributed by atoms with Gasteiger partial charge in [-0.15, -0.1) is 0 Å². The van der Waals surface area contributed by atoms with Gasteiger partial charge in [-0.1, -0.05) is 6.07 Å². The average molecular weight is 250 g/mol. The van der Waals surface area contributed by atoms with Gasteiger partial charge in [0.15, 0.2) is 0 Å². The van der Waals surface area contributed by atoms with Gasteiger partial charge in [0.05, 0.1) is 0 Å². The molecular weight excluding hydrogens is 227 g/mol. The summed E-state index contributed by atoms with van der Waals surface area (Å²) in [5.41, 5.74) is 2.03. The molecule has 18 heavy (non-hydrogen) atoms. The Labute approximate surface area is 109 Å². The van der Waals surface area contributed by atoms with Crippen molar-refractivity contribution in [2.24, 2.45) is 0 Å². The Morgan fingerprint density at radius 2 is 2.00 bits per heavy atom. The maximum absolute atomic E-state index is 13.2. The molecule has 0 atom stereocenters. The van der Waals surface area contributed by atoms with Crippen LogP contribution in [0.5, 0.6) is 0 Å². The first kappa shape index (κ1) is 13.5. The van der Waals surface area contributed by atoms with Crippen LogP contribution < -0.4 is 5.32 Å². The van der Waals surface area contributed by atoms with E-state index in [2.05, 4.69) is 10.2 Å². The number of nitrogens with zero attached hydrogens (tertiary/aromatic N) is 1. The van der Waals surface area contributed by atoms with E-state index in [9.17, 15) is 4.39 Å². The van der Waals surface area contributed by atoms with Crippen LogP contribution in [-0.2, 0) is 6.54 Å². The van der Waals surface area contributed by atoms with E-state index in [4.69, 9.17) is 0 Å². The molecule has 1 fully saturated rings. The lowest BCUT2D eigenvalue weighted by Gasteiger charge is -2.14. The van der Waals surface area contributed by atoms with Crippen LogP contribution in [-0.4, -0.2) is 31.1 Å². The van der Waals surface area contributed by atoms with Crippen molar-refractivity contribution in [3.63, 3.8) is 0 Å². The third-order valence-corrected chi connectivity index (χ3v) is 3.46. The minimum atomic E-state index is -0.135. The van der Waals surface area contributed by atoms with Crippen molar-refractivity contribution < 1.29 is 4.39 Å². The number of hydrogen-bond acceptors (Lipinski definition) is 2. The summed E-state index contributed by atoms with van der Waals surface area (Å²) in [6.45, 7) is 7.42. The van der Waals surface area contributed by atoms with Crippen molar-refractivity contribution in [2.45, 2.75) is 32.7 Å². The molecule has 1 aliphatic rings. The van der Waals surface area contributed by atoms with Crippen LogP contribution in [0.3, 0.4) is 0 Å². The van der Waals surface area contributed by atoms with E-state index in [0.29, 0.717) is 0 Å². The molecule has 2 nitrogen and oxygen atoms in total. The Kier molecular flexibility index (Phi) is 5.14. The highest BCUT2D eigenvalue weighted by Gasteiger charge is 2.09. The molecule has 1 saturated heterocycles. The van der Waals surface area contributed by atoms with Crippen LogP contribution in [0.2, 0.25) is 0 Å². The predicted octanol–water partition coefficient (Wildman–Crippen LogP) is 2.71. The first-order valence-corrected chi connectivity index (χ1v) is 6.93. The molecule has 3 heteroatoms. The molecule has 1 heterocycles. The second-order valence-electron chi connectivity index (χ2n) is 5.22. The zero-order valence-corrected chi connectivity index (χ0v) is 11.2. The molecule has 0 amide bonds. The van der Waals surface area contributed by atoms with Crippen LogP contribution in [0.4, 0.5) is 4.39 Å². The van der Waals surface area contributed by atoms with E-state index in [-0.39, 0.29) is 5.82 Å². The van der Waals surface area contributed by atoms with Gasteiger partial charge in [-0.25, -0.2) is 4.39 Å². The summed E-state index contributed by atoms with van der Waals surface area (Å²) in [5, 5.41) is 3.39. The van der Waals surface area contributed by atoms with Gasteiger partial charge in [0, 0.05) is 6.54 Å². The number of benzene rings is 1. The third-order valence-electron chi connectivity index (χ3n) is 3.46. The van der Waals surface area contributed by atoms with Gasteiger partial charge in [0.25, 0.3) is 0 Å². The van der Waals surface area contributed by atoms with Gasteiger partial charge in [-0.3, -0.25) is 0 Å². The first-order chi connectivity index (χ1) is 8.74. The van der Waals surface area contributed by atoms with Crippen LogP contribution in [0, 0.1) is 12.7 Å². The highest BCUT2D eigenvalue weighted by molar-refractivity contribution is 5.23. The normalized spacial score (nSPS) is 16.3. The molecule has 100 valence electrons. The molecule has 0 unspecified atom stereocenters. The topological polar surface area (TPSA) is 15.3 Å². The molecule has 2 rings (SSSR count). The highest BCUT2D eigenvalue weighted by atomic mass is 19.1. The van der Waals surface area contributed by atoms with Crippen molar-refractivity contribution in [3.05, 3.63) is 35.1 Å². The lowest BCUT2D eigenvalue weighted by molar-refractivity contribution is 0.331. The minimum Gasteiger partial charge on any atom is -0.313 e. The van der Waals surface area contributed by atoms with Crippen molar-refractivity contribution in [2.75, 3.05) is 26.2 Å². The number of likely N-dealkylation sites (tertiary alicyclic amines) is 1. The summed E-state index contributed by atoms with van der Waals surface area (Å²) < 4.78 is 13.2. The van der Waals surface area contributed by atoms with Gasteiger partial charge in [-0.2, -0.15) is 0 Å². The second-order valence-corrected chi connectivity index (χ2v) is 5.22. The Balaban J connectivity index is 1.62. The quantitative estimate of drug-likeness (QED) is 0.781. The molecule has 0 bridgehead atoms. The van der Waals surface area contributed by atoms with Gasteiger partial charge >= 0.3 is 0 Å². The van der Waals surface area contributed by atoms with E-state index in [1.807, 2.05) is 13.0 Å². The van der Waals surface area contributed by atoms with Gasteiger partial charge in [-0.05, 0) is 75.6 Å². The van der Waals surface area contributed by atoms with E-state index >= 15 is 0 Å². The fourth-order valence-corrected chi connectivity index (χ4v) is 2.58. The zero-order valence-electron chi connectivity index (χ0n) is 11.2. The first-order valence-electron chi connectivity index (χ1n) is 6.93. The highest BCUT2D eigenvalue weighted by Crippen LogP contribution is 2.09. The second kappa shape index (κ2) is 6.86. The SMILES string of the molecule is Cc1cc(F)cc(CNCCCN2CCCC2)c1. The molecular formula is C15H23FN2. The average Bonchev–Trinajstić information content (AvgIpc) is 2.80. The van der Waals surface area contributed by atoms with Crippen LogP contribution in [0.15, 0.2) is 18.2 Å². The van der Waals surface area contributed by atoms with Gasteiger partial charge in [0.1, 0.15) is 5.82 Å². The Morgan fingerprint density at radius 1 is 1.22 bits per heavy atom. The lowest BCUT2D eigenvalue weighted by atomic mass is 10.1. The summed E-state index contributed by atoms with van der Waals surface area (Å²) >= 11 is 0. The number of rotatable bonds is 6. The molecule has 0 aromatic heterocycles. The third kappa shape index (κ3) is 4.39. The molecule has 1 aromatic carbocycles. The molecule has 0 spiro atoms. The Hall–Kier alpha value is -0.930. The van der Waals surface area contributed by atoms with Crippen molar-refractivity contribution in [3.8, 4) is 0 Å². The molecule has 1 N–H and O–H groups in total. The Bertz CT molecular complexity index is 353. The van der Waals surface area contributed by atoms with Gasteiger partial charge in [0.2, 0.25) is 0 Å². The van der Waals surface area contributed by atoms with Crippen LogP contribution in [0.1, 0.15) is 30.4 Å². The minimum absolute atomic E-state index is 0.135. The number of hydrogen-bond donors (Lipinski definition) is 1. The lowest BCUT2D eigenvalue weighted by Crippen LogP contribution is -2.24. The van der Waals surface area contributed by atoms with E-state index < -0.39 is 0 Å². The van der Waals surface area contributed by atoms with Crippen LogP contribution in [0.25, 0.3) is 0 Å². The Morgan fingerprint density at radius 3 is 2.72 bits per heavy atom. The molecule has 1 aliphatic heterocycles. The summed E-state index contributed by atoms with van der Waals surface area (Å²) in [7, 11) is 0. The van der Waals surface area contributed by atoms with Crippen LogP contribution >= 0.6 is 0 Å². The maximum atomic E-state index is 13.2. The zero-order chi connectivity index (χ0) is 12.8. The predicted molar refractivity (Wildman–Crippen MR) is 73.1 cm³/mol.